The number of rotatable bonds is 5. The standard InChI is InChI=1S/C12H20N4S/c1-2-9-17-12-14-13-11(15-7-3-4-8-15)16(12)10-5-6-10/h10H,2-9H2,1H3. The Hall–Kier alpha value is -0.710. The highest BCUT2D eigenvalue weighted by Crippen LogP contribution is 2.41. The summed E-state index contributed by atoms with van der Waals surface area (Å²) in [5.41, 5.74) is 0. The van der Waals surface area contributed by atoms with Crippen molar-refractivity contribution >= 4 is 17.7 Å². The number of anilines is 1. The molecule has 1 aliphatic heterocycles. The van der Waals surface area contributed by atoms with Crippen LogP contribution in [0.25, 0.3) is 0 Å². The molecule has 1 aliphatic carbocycles. The zero-order chi connectivity index (χ0) is 11.7. The van der Waals surface area contributed by atoms with Gasteiger partial charge in [-0.25, -0.2) is 0 Å². The predicted octanol–water partition coefficient (Wildman–Crippen LogP) is 2.72. The first-order valence-electron chi connectivity index (χ1n) is 6.73. The van der Waals surface area contributed by atoms with E-state index in [4.69, 9.17) is 0 Å². The van der Waals surface area contributed by atoms with E-state index in [1.165, 1.54) is 32.1 Å². The van der Waals surface area contributed by atoms with Crippen molar-refractivity contribution in [2.45, 2.75) is 50.2 Å². The summed E-state index contributed by atoms with van der Waals surface area (Å²) in [5, 5.41) is 9.96. The van der Waals surface area contributed by atoms with Crippen LogP contribution < -0.4 is 4.90 Å². The first-order valence-corrected chi connectivity index (χ1v) is 7.71. The molecule has 0 atom stereocenters. The molecule has 2 aliphatic rings. The van der Waals surface area contributed by atoms with Crippen LogP contribution in [0.4, 0.5) is 5.95 Å². The summed E-state index contributed by atoms with van der Waals surface area (Å²) in [4.78, 5) is 2.40. The van der Waals surface area contributed by atoms with Gasteiger partial charge in [-0.3, -0.25) is 4.57 Å². The Morgan fingerprint density at radius 3 is 2.65 bits per heavy atom. The third-order valence-electron chi connectivity index (χ3n) is 3.38. The predicted molar refractivity (Wildman–Crippen MR) is 70.8 cm³/mol. The van der Waals surface area contributed by atoms with Gasteiger partial charge in [0.2, 0.25) is 5.95 Å². The maximum Gasteiger partial charge on any atom is 0.228 e. The van der Waals surface area contributed by atoms with Gasteiger partial charge in [0.1, 0.15) is 0 Å². The van der Waals surface area contributed by atoms with Crippen molar-refractivity contribution in [1.29, 1.82) is 0 Å². The molecule has 0 unspecified atom stereocenters. The zero-order valence-corrected chi connectivity index (χ0v) is 11.2. The van der Waals surface area contributed by atoms with Gasteiger partial charge in [0.25, 0.3) is 0 Å². The summed E-state index contributed by atoms with van der Waals surface area (Å²) in [6, 6.07) is 0.681. The Morgan fingerprint density at radius 2 is 2.00 bits per heavy atom. The lowest BCUT2D eigenvalue weighted by atomic mass is 10.4. The van der Waals surface area contributed by atoms with E-state index in [1.807, 2.05) is 11.8 Å². The summed E-state index contributed by atoms with van der Waals surface area (Å²) in [7, 11) is 0. The highest BCUT2D eigenvalue weighted by Gasteiger charge is 2.32. The van der Waals surface area contributed by atoms with Gasteiger partial charge in [-0.2, -0.15) is 0 Å². The lowest BCUT2D eigenvalue weighted by Crippen LogP contribution is -2.22. The van der Waals surface area contributed by atoms with E-state index in [9.17, 15) is 0 Å². The van der Waals surface area contributed by atoms with Crippen molar-refractivity contribution in [3.8, 4) is 0 Å². The Labute approximate surface area is 107 Å². The van der Waals surface area contributed by atoms with Crippen LogP contribution in [0.15, 0.2) is 5.16 Å². The van der Waals surface area contributed by atoms with Gasteiger partial charge in [-0.05, 0) is 32.1 Å². The van der Waals surface area contributed by atoms with Crippen LogP contribution in [0.5, 0.6) is 0 Å². The van der Waals surface area contributed by atoms with Gasteiger partial charge in [0.15, 0.2) is 5.16 Å². The minimum absolute atomic E-state index is 0.681. The molecule has 0 radical (unpaired) electrons. The summed E-state index contributed by atoms with van der Waals surface area (Å²) in [6.07, 6.45) is 6.41. The smallest absolute Gasteiger partial charge is 0.228 e. The van der Waals surface area contributed by atoms with Gasteiger partial charge in [-0.1, -0.05) is 18.7 Å². The number of aromatic nitrogens is 3. The molecular weight excluding hydrogens is 232 g/mol. The average molecular weight is 252 g/mol. The second-order valence-electron chi connectivity index (χ2n) is 4.93. The zero-order valence-electron chi connectivity index (χ0n) is 10.4. The average Bonchev–Trinajstić information content (AvgIpc) is 2.90. The molecule has 1 saturated heterocycles. The fourth-order valence-corrected chi connectivity index (χ4v) is 3.20. The van der Waals surface area contributed by atoms with Gasteiger partial charge in [0.05, 0.1) is 0 Å². The van der Waals surface area contributed by atoms with E-state index in [0.29, 0.717) is 6.04 Å². The Kier molecular flexibility index (Phi) is 3.27. The molecule has 3 rings (SSSR count). The fourth-order valence-electron chi connectivity index (χ4n) is 2.35. The van der Waals surface area contributed by atoms with Crippen LogP contribution in [0.3, 0.4) is 0 Å². The molecule has 0 amide bonds. The van der Waals surface area contributed by atoms with Crippen LogP contribution >= 0.6 is 11.8 Å². The normalized spacial score (nSPS) is 20.2. The topological polar surface area (TPSA) is 34.0 Å². The fraction of sp³-hybridized carbons (Fsp3) is 0.833. The number of thioether (sulfide) groups is 1. The highest BCUT2D eigenvalue weighted by atomic mass is 32.2. The van der Waals surface area contributed by atoms with E-state index < -0.39 is 0 Å². The quantitative estimate of drug-likeness (QED) is 0.755. The van der Waals surface area contributed by atoms with Crippen LogP contribution in [-0.4, -0.2) is 33.6 Å². The van der Waals surface area contributed by atoms with Gasteiger partial charge in [0, 0.05) is 24.9 Å². The van der Waals surface area contributed by atoms with Crippen molar-refractivity contribution in [2.24, 2.45) is 0 Å². The van der Waals surface area contributed by atoms with E-state index >= 15 is 0 Å². The number of hydrogen-bond donors (Lipinski definition) is 0. The Morgan fingerprint density at radius 1 is 1.24 bits per heavy atom. The number of nitrogens with zero attached hydrogens (tertiary/aromatic N) is 4. The van der Waals surface area contributed by atoms with Gasteiger partial charge >= 0.3 is 0 Å². The first kappa shape index (κ1) is 11.4. The van der Waals surface area contributed by atoms with Crippen LogP contribution in [0.2, 0.25) is 0 Å². The minimum Gasteiger partial charge on any atom is -0.341 e. The third kappa shape index (κ3) is 2.30. The van der Waals surface area contributed by atoms with Gasteiger partial charge in [-0.15, -0.1) is 10.2 Å². The molecule has 1 aromatic rings. The Bertz CT molecular complexity index is 380. The molecule has 5 heteroatoms. The molecule has 0 aromatic carbocycles. The summed E-state index contributed by atoms with van der Waals surface area (Å²) in [6.45, 7) is 4.53. The molecule has 94 valence electrons. The van der Waals surface area contributed by atoms with Gasteiger partial charge < -0.3 is 4.90 Å². The molecule has 0 bridgehead atoms. The maximum absolute atomic E-state index is 4.43. The molecule has 1 saturated carbocycles. The lowest BCUT2D eigenvalue weighted by Gasteiger charge is -2.17. The summed E-state index contributed by atoms with van der Waals surface area (Å²) < 4.78 is 2.39. The van der Waals surface area contributed by atoms with Crippen LogP contribution in [0.1, 0.15) is 45.1 Å². The lowest BCUT2D eigenvalue weighted by molar-refractivity contribution is 0.651. The molecule has 2 fully saturated rings. The van der Waals surface area contributed by atoms with E-state index in [-0.39, 0.29) is 0 Å². The molecular formula is C12H20N4S. The van der Waals surface area contributed by atoms with Crippen LogP contribution in [-0.2, 0) is 0 Å². The highest BCUT2D eigenvalue weighted by molar-refractivity contribution is 7.99. The SMILES string of the molecule is CCCSc1nnc(N2CCCC2)n1C1CC1. The second kappa shape index (κ2) is 4.88. The van der Waals surface area contributed by atoms with Crippen LogP contribution in [0, 0.1) is 0 Å². The molecule has 1 aromatic heterocycles. The molecule has 0 N–H and O–H groups in total. The molecule has 17 heavy (non-hydrogen) atoms. The van der Waals surface area contributed by atoms with Crippen molar-refractivity contribution in [2.75, 3.05) is 23.7 Å². The molecule has 4 nitrogen and oxygen atoms in total. The monoisotopic (exact) mass is 252 g/mol. The van der Waals surface area contributed by atoms with Crippen molar-refractivity contribution in [3.05, 3.63) is 0 Å². The van der Waals surface area contributed by atoms with Crippen molar-refractivity contribution < 1.29 is 0 Å². The summed E-state index contributed by atoms with van der Waals surface area (Å²) >= 11 is 1.86. The third-order valence-corrected chi connectivity index (χ3v) is 4.53. The number of hydrogen-bond acceptors (Lipinski definition) is 4. The van der Waals surface area contributed by atoms with Crippen molar-refractivity contribution in [1.82, 2.24) is 14.8 Å². The first-order chi connectivity index (χ1) is 8.40. The van der Waals surface area contributed by atoms with E-state index in [2.05, 4.69) is 26.6 Å². The molecule has 2 heterocycles. The van der Waals surface area contributed by atoms with E-state index in [1.54, 1.807) is 0 Å². The molecule has 0 spiro atoms. The largest absolute Gasteiger partial charge is 0.341 e. The minimum atomic E-state index is 0.681. The van der Waals surface area contributed by atoms with E-state index in [0.717, 1.165) is 29.9 Å². The van der Waals surface area contributed by atoms with Crippen molar-refractivity contribution in [3.63, 3.8) is 0 Å². The maximum atomic E-state index is 4.43. The second-order valence-corrected chi connectivity index (χ2v) is 5.99. The summed E-state index contributed by atoms with van der Waals surface area (Å²) in [5.74, 6) is 2.27. The Balaban J connectivity index is 1.84.